The van der Waals surface area contributed by atoms with Gasteiger partial charge in [0, 0.05) is 12.6 Å². The number of nitrogens with one attached hydrogen (secondary N) is 1. The molecule has 0 aromatic heterocycles. The third-order valence-electron chi connectivity index (χ3n) is 4.24. The van der Waals surface area contributed by atoms with Gasteiger partial charge in [-0.25, -0.2) is 0 Å². The van der Waals surface area contributed by atoms with Crippen LogP contribution in [0, 0.1) is 11.8 Å². The Hall–Kier alpha value is -0.830. The minimum Gasteiger partial charge on any atom is -0.335 e. The topological polar surface area (TPSA) is 32.3 Å². The molecule has 1 saturated carbocycles. The molecule has 0 aromatic carbocycles. The number of hydrogen-bond donors (Lipinski definition) is 1. The number of hydrogen-bond acceptors (Lipinski definition) is 2. The van der Waals surface area contributed by atoms with Gasteiger partial charge in [0.1, 0.15) is 0 Å². The summed E-state index contributed by atoms with van der Waals surface area (Å²) >= 11 is 0. The fourth-order valence-corrected chi connectivity index (χ4v) is 3.33. The van der Waals surface area contributed by atoms with Crippen molar-refractivity contribution in [3.63, 3.8) is 0 Å². The molecule has 1 N–H and O–H groups in total. The second kappa shape index (κ2) is 5.21. The van der Waals surface area contributed by atoms with Gasteiger partial charge in [0.25, 0.3) is 0 Å². The van der Waals surface area contributed by atoms with E-state index in [-0.39, 0.29) is 18.0 Å². The van der Waals surface area contributed by atoms with Gasteiger partial charge in [-0.05, 0) is 45.1 Å². The third kappa shape index (κ3) is 2.39. The van der Waals surface area contributed by atoms with Gasteiger partial charge in [-0.1, -0.05) is 12.5 Å². The molecule has 0 radical (unpaired) electrons. The number of nitrogens with zero attached hydrogens (tertiary/aromatic N) is 1. The Morgan fingerprint density at radius 3 is 2.94 bits per heavy atom. The first-order chi connectivity index (χ1) is 8.15. The summed E-state index contributed by atoms with van der Waals surface area (Å²) in [5.41, 5.74) is 0. The van der Waals surface area contributed by atoms with E-state index in [1.807, 2.05) is 11.0 Å². The van der Waals surface area contributed by atoms with E-state index < -0.39 is 0 Å². The average Bonchev–Trinajstić information content (AvgIpc) is 2.85. The summed E-state index contributed by atoms with van der Waals surface area (Å²) < 4.78 is 0. The summed E-state index contributed by atoms with van der Waals surface area (Å²) in [6, 6.07) is 0.313. The second-order valence-corrected chi connectivity index (χ2v) is 5.61. The van der Waals surface area contributed by atoms with Gasteiger partial charge in [-0.3, -0.25) is 4.79 Å². The molecule has 1 aliphatic heterocycles. The lowest BCUT2D eigenvalue weighted by Crippen LogP contribution is -2.49. The molecule has 3 unspecified atom stereocenters. The number of amides is 1. The van der Waals surface area contributed by atoms with Crippen molar-refractivity contribution >= 4 is 5.91 Å². The van der Waals surface area contributed by atoms with E-state index in [9.17, 15) is 4.79 Å². The van der Waals surface area contributed by atoms with Crippen molar-refractivity contribution in [2.24, 2.45) is 11.8 Å². The summed E-state index contributed by atoms with van der Waals surface area (Å²) in [5.74, 6) is 1.59. The minimum absolute atomic E-state index is 0.0600. The quantitative estimate of drug-likeness (QED) is 0.755. The lowest BCUT2D eigenvalue weighted by atomic mass is 9.93. The highest BCUT2D eigenvalue weighted by Crippen LogP contribution is 2.38. The molecule has 2 rings (SSSR count). The van der Waals surface area contributed by atoms with Crippen molar-refractivity contribution in [2.45, 2.75) is 45.2 Å². The first kappa shape index (κ1) is 12.6. The van der Waals surface area contributed by atoms with E-state index in [2.05, 4.69) is 25.7 Å². The molecule has 2 fully saturated rings. The van der Waals surface area contributed by atoms with Crippen molar-refractivity contribution < 1.29 is 4.79 Å². The molecule has 1 aliphatic carbocycles. The zero-order chi connectivity index (χ0) is 12.4. The molecule has 0 aromatic rings. The van der Waals surface area contributed by atoms with E-state index in [1.54, 1.807) is 0 Å². The largest absolute Gasteiger partial charge is 0.335 e. The maximum atomic E-state index is 12.5. The van der Waals surface area contributed by atoms with Crippen molar-refractivity contribution in [1.82, 2.24) is 10.2 Å². The molecule has 96 valence electrons. The zero-order valence-corrected chi connectivity index (χ0v) is 11.0. The summed E-state index contributed by atoms with van der Waals surface area (Å²) in [6.45, 7) is 9.58. The van der Waals surface area contributed by atoms with Gasteiger partial charge in [0.2, 0.25) is 5.91 Å². The van der Waals surface area contributed by atoms with E-state index in [0.29, 0.717) is 12.5 Å². The van der Waals surface area contributed by atoms with Crippen LogP contribution in [0.3, 0.4) is 0 Å². The maximum absolute atomic E-state index is 12.5. The van der Waals surface area contributed by atoms with E-state index in [1.165, 1.54) is 19.3 Å². The Balaban J connectivity index is 2.05. The van der Waals surface area contributed by atoms with E-state index in [0.717, 1.165) is 12.5 Å². The van der Waals surface area contributed by atoms with Crippen LogP contribution in [-0.2, 0) is 4.79 Å². The summed E-state index contributed by atoms with van der Waals surface area (Å²) in [6.07, 6.45) is 5.63. The fraction of sp³-hybridized carbons (Fsp3) is 0.786. The predicted octanol–water partition coefficient (Wildman–Crippen LogP) is 1.80. The van der Waals surface area contributed by atoms with Crippen molar-refractivity contribution in [2.75, 3.05) is 13.1 Å². The predicted molar refractivity (Wildman–Crippen MR) is 69.7 cm³/mol. The molecular formula is C14H24N2O. The van der Waals surface area contributed by atoms with Gasteiger partial charge in [-0.2, -0.15) is 0 Å². The third-order valence-corrected chi connectivity index (χ3v) is 4.24. The van der Waals surface area contributed by atoms with Crippen molar-refractivity contribution in [3.05, 3.63) is 12.7 Å². The number of rotatable bonds is 4. The van der Waals surface area contributed by atoms with E-state index in [4.69, 9.17) is 0 Å². The molecule has 1 amide bonds. The molecule has 3 heteroatoms. The Bertz CT molecular complexity index is 301. The molecule has 1 heterocycles. The van der Waals surface area contributed by atoms with Crippen LogP contribution < -0.4 is 5.32 Å². The highest BCUT2D eigenvalue weighted by molar-refractivity contribution is 5.83. The molecule has 1 saturated heterocycles. The molecule has 3 atom stereocenters. The summed E-state index contributed by atoms with van der Waals surface area (Å²) in [5, 5.41) is 3.43. The van der Waals surface area contributed by atoms with Crippen LogP contribution in [0.15, 0.2) is 12.7 Å². The van der Waals surface area contributed by atoms with Gasteiger partial charge in [-0.15, -0.1) is 6.58 Å². The molecular weight excluding hydrogens is 212 g/mol. The molecule has 17 heavy (non-hydrogen) atoms. The van der Waals surface area contributed by atoms with E-state index >= 15 is 0 Å². The van der Waals surface area contributed by atoms with Gasteiger partial charge < -0.3 is 10.2 Å². The first-order valence-electron chi connectivity index (χ1n) is 6.80. The Labute approximate surface area is 104 Å². The molecule has 3 nitrogen and oxygen atoms in total. The Morgan fingerprint density at radius 1 is 1.53 bits per heavy atom. The molecule has 2 aliphatic rings. The van der Waals surface area contributed by atoms with Crippen LogP contribution in [0.1, 0.15) is 33.1 Å². The standard InChI is InChI=1S/C14H24N2O/c1-4-8-16(10(2)3)14(17)13-12-7-5-6-11(12)9-15-13/h4,10-13,15H,1,5-9H2,2-3H3. The summed E-state index contributed by atoms with van der Waals surface area (Å²) in [7, 11) is 0. The summed E-state index contributed by atoms with van der Waals surface area (Å²) in [4.78, 5) is 14.5. The van der Waals surface area contributed by atoms with Crippen molar-refractivity contribution in [1.29, 1.82) is 0 Å². The average molecular weight is 236 g/mol. The Morgan fingerprint density at radius 2 is 2.29 bits per heavy atom. The first-order valence-corrected chi connectivity index (χ1v) is 6.80. The highest BCUT2D eigenvalue weighted by Gasteiger charge is 2.43. The SMILES string of the molecule is C=CCN(C(=O)C1NCC2CCCC21)C(C)C. The van der Waals surface area contributed by atoms with Crippen LogP contribution in [0.5, 0.6) is 0 Å². The molecule has 0 spiro atoms. The number of carbonyl (C=O) groups excluding carboxylic acids is 1. The zero-order valence-electron chi connectivity index (χ0n) is 11.0. The number of carbonyl (C=O) groups is 1. The maximum Gasteiger partial charge on any atom is 0.240 e. The lowest BCUT2D eigenvalue weighted by Gasteiger charge is -2.30. The van der Waals surface area contributed by atoms with Gasteiger partial charge in [0.15, 0.2) is 0 Å². The smallest absolute Gasteiger partial charge is 0.240 e. The Kier molecular flexibility index (Phi) is 3.87. The lowest BCUT2D eigenvalue weighted by molar-refractivity contribution is -0.135. The normalized spacial score (nSPS) is 31.6. The molecule has 0 bridgehead atoms. The van der Waals surface area contributed by atoms with Crippen LogP contribution in [0.2, 0.25) is 0 Å². The van der Waals surface area contributed by atoms with Crippen molar-refractivity contribution in [3.8, 4) is 0 Å². The number of fused-ring (bicyclic) bond motifs is 1. The van der Waals surface area contributed by atoms with Crippen LogP contribution in [-0.4, -0.2) is 36.0 Å². The second-order valence-electron chi connectivity index (χ2n) is 5.61. The fourth-order valence-electron chi connectivity index (χ4n) is 3.33. The minimum atomic E-state index is 0.0600. The van der Waals surface area contributed by atoms with Crippen LogP contribution in [0.4, 0.5) is 0 Å². The van der Waals surface area contributed by atoms with Gasteiger partial charge >= 0.3 is 0 Å². The van der Waals surface area contributed by atoms with Crippen LogP contribution >= 0.6 is 0 Å². The van der Waals surface area contributed by atoms with Gasteiger partial charge in [0.05, 0.1) is 6.04 Å². The monoisotopic (exact) mass is 236 g/mol. The highest BCUT2D eigenvalue weighted by atomic mass is 16.2. The van der Waals surface area contributed by atoms with Crippen LogP contribution in [0.25, 0.3) is 0 Å².